The van der Waals surface area contributed by atoms with Crippen LogP contribution in [0.1, 0.15) is 12.0 Å². The van der Waals surface area contributed by atoms with Crippen molar-refractivity contribution in [3.05, 3.63) is 66.5 Å². The van der Waals surface area contributed by atoms with Crippen molar-refractivity contribution in [1.29, 1.82) is 0 Å². The summed E-state index contributed by atoms with van der Waals surface area (Å²) in [4.78, 5) is 20.2. The van der Waals surface area contributed by atoms with Crippen LogP contribution in [0.25, 0.3) is 0 Å². The zero-order valence-corrected chi connectivity index (χ0v) is 15.7. The topological polar surface area (TPSA) is 82.6 Å². The lowest BCUT2D eigenvalue weighted by Crippen LogP contribution is -2.12. The lowest BCUT2D eigenvalue weighted by Gasteiger charge is -2.10. The average Bonchev–Trinajstić information content (AvgIpc) is 2.74. The monoisotopic (exact) mass is 379 g/mol. The summed E-state index contributed by atoms with van der Waals surface area (Å²) in [5.74, 6) is 1.83. The van der Waals surface area contributed by atoms with E-state index in [1.807, 2.05) is 18.2 Å². The first-order chi connectivity index (χ1) is 13.7. The number of benzene rings is 2. The molecule has 1 amide bonds. The lowest BCUT2D eigenvalue weighted by atomic mass is 10.1. The van der Waals surface area contributed by atoms with Gasteiger partial charge in [-0.2, -0.15) is 0 Å². The van der Waals surface area contributed by atoms with Gasteiger partial charge in [-0.3, -0.25) is 4.79 Å². The molecule has 28 heavy (non-hydrogen) atoms. The standard InChI is InChI=1S/C21H21N3O4/c1-26-18-10-4-15(14-19(18)27-2)5-11-20(25)24-16-6-8-17(9-7-16)28-21-22-12-3-13-23-21/h3-4,6-10,12-14H,5,11H2,1-2H3,(H,24,25). The van der Waals surface area contributed by atoms with Crippen LogP contribution >= 0.6 is 0 Å². The fourth-order valence-corrected chi connectivity index (χ4v) is 2.57. The third kappa shape index (κ3) is 5.20. The Balaban J connectivity index is 1.52. The molecule has 0 aliphatic carbocycles. The van der Waals surface area contributed by atoms with E-state index in [1.54, 1.807) is 56.9 Å². The van der Waals surface area contributed by atoms with E-state index in [2.05, 4.69) is 15.3 Å². The molecule has 0 aliphatic rings. The summed E-state index contributed by atoms with van der Waals surface area (Å²) in [5, 5.41) is 2.87. The first-order valence-electron chi connectivity index (χ1n) is 8.73. The second kappa shape index (κ2) is 9.36. The predicted octanol–water partition coefficient (Wildman–Crippen LogP) is 3.86. The molecule has 0 saturated carbocycles. The highest BCUT2D eigenvalue weighted by molar-refractivity contribution is 5.90. The molecular weight excluding hydrogens is 358 g/mol. The molecule has 7 nitrogen and oxygen atoms in total. The number of rotatable bonds is 8. The van der Waals surface area contributed by atoms with E-state index in [0.29, 0.717) is 35.8 Å². The Kier molecular flexibility index (Phi) is 6.41. The Morgan fingerprint density at radius 3 is 2.36 bits per heavy atom. The number of hydrogen-bond donors (Lipinski definition) is 1. The molecule has 1 N–H and O–H groups in total. The van der Waals surface area contributed by atoms with E-state index in [-0.39, 0.29) is 11.9 Å². The Morgan fingerprint density at radius 1 is 0.964 bits per heavy atom. The second-order valence-corrected chi connectivity index (χ2v) is 5.90. The number of nitrogens with one attached hydrogen (secondary N) is 1. The van der Waals surface area contributed by atoms with Gasteiger partial charge in [0.05, 0.1) is 14.2 Å². The number of aromatic nitrogens is 2. The fourth-order valence-electron chi connectivity index (χ4n) is 2.57. The zero-order chi connectivity index (χ0) is 19.8. The Hall–Kier alpha value is -3.61. The van der Waals surface area contributed by atoms with Gasteiger partial charge >= 0.3 is 6.01 Å². The van der Waals surface area contributed by atoms with Gasteiger partial charge in [0.2, 0.25) is 5.91 Å². The Bertz CT molecular complexity index is 915. The van der Waals surface area contributed by atoms with Gasteiger partial charge in [0, 0.05) is 24.5 Å². The third-order valence-corrected chi connectivity index (χ3v) is 3.98. The van der Waals surface area contributed by atoms with E-state index >= 15 is 0 Å². The number of amides is 1. The van der Waals surface area contributed by atoms with Gasteiger partial charge in [0.1, 0.15) is 5.75 Å². The van der Waals surface area contributed by atoms with Gasteiger partial charge in [-0.05, 0) is 54.4 Å². The number of carbonyl (C=O) groups is 1. The molecule has 0 saturated heterocycles. The molecule has 1 aromatic heterocycles. The maximum atomic E-state index is 12.2. The number of hydrogen-bond acceptors (Lipinski definition) is 6. The lowest BCUT2D eigenvalue weighted by molar-refractivity contribution is -0.116. The molecule has 0 atom stereocenters. The zero-order valence-electron chi connectivity index (χ0n) is 15.7. The van der Waals surface area contributed by atoms with Crippen molar-refractivity contribution in [1.82, 2.24) is 9.97 Å². The molecule has 3 rings (SSSR count). The van der Waals surface area contributed by atoms with Gasteiger partial charge in [-0.1, -0.05) is 6.07 Å². The van der Waals surface area contributed by atoms with Crippen LogP contribution in [0, 0.1) is 0 Å². The molecule has 0 fully saturated rings. The number of aryl methyl sites for hydroxylation is 1. The van der Waals surface area contributed by atoms with Crippen LogP contribution in [0.3, 0.4) is 0 Å². The number of ether oxygens (including phenoxy) is 3. The summed E-state index contributed by atoms with van der Waals surface area (Å²) in [5.41, 5.74) is 1.69. The molecule has 2 aromatic carbocycles. The van der Waals surface area contributed by atoms with Crippen LogP contribution < -0.4 is 19.5 Å². The molecule has 1 heterocycles. The van der Waals surface area contributed by atoms with Crippen molar-refractivity contribution >= 4 is 11.6 Å². The molecule has 0 aliphatic heterocycles. The SMILES string of the molecule is COc1ccc(CCC(=O)Nc2ccc(Oc3ncccn3)cc2)cc1OC. The Morgan fingerprint density at radius 2 is 1.68 bits per heavy atom. The summed E-state index contributed by atoms with van der Waals surface area (Å²) in [6.07, 6.45) is 4.16. The summed E-state index contributed by atoms with van der Waals surface area (Å²) >= 11 is 0. The molecule has 7 heteroatoms. The van der Waals surface area contributed by atoms with E-state index in [0.717, 1.165) is 5.56 Å². The van der Waals surface area contributed by atoms with Gasteiger partial charge in [0.15, 0.2) is 11.5 Å². The normalized spacial score (nSPS) is 10.2. The van der Waals surface area contributed by atoms with Crippen LogP contribution in [0.5, 0.6) is 23.3 Å². The van der Waals surface area contributed by atoms with Crippen LogP contribution in [-0.4, -0.2) is 30.1 Å². The molecule has 0 unspecified atom stereocenters. The molecule has 0 bridgehead atoms. The minimum atomic E-state index is -0.0742. The van der Waals surface area contributed by atoms with Gasteiger partial charge in [-0.25, -0.2) is 9.97 Å². The van der Waals surface area contributed by atoms with E-state index in [4.69, 9.17) is 14.2 Å². The number of carbonyl (C=O) groups excluding carboxylic acids is 1. The van der Waals surface area contributed by atoms with E-state index in [9.17, 15) is 4.79 Å². The smallest absolute Gasteiger partial charge is 0.321 e. The van der Waals surface area contributed by atoms with Crippen LogP contribution in [0.4, 0.5) is 5.69 Å². The summed E-state index contributed by atoms with van der Waals surface area (Å²) in [7, 11) is 3.18. The first kappa shape index (κ1) is 19.2. The van der Waals surface area contributed by atoms with Crippen molar-refractivity contribution in [3.8, 4) is 23.3 Å². The number of nitrogens with zero attached hydrogens (tertiary/aromatic N) is 2. The van der Waals surface area contributed by atoms with Crippen molar-refractivity contribution in [3.63, 3.8) is 0 Å². The third-order valence-electron chi connectivity index (χ3n) is 3.98. The highest BCUT2D eigenvalue weighted by atomic mass is 16.5. The largest absolute Gasteiger partial charge is 0.493 e. The first-order valence-corrected chi connectivity index (χ1v) is 8.73. The van der Waals surface area contributed by atoms with Gasteiger partial charge < -0.3 is 19.5 Å². The van der Waals surface area contributed by atoms with E-state index in [1.165, 1.54) is 0 Å². The summed E-state index contributed by atoms with van der Waals surface area (Å²) < 4.78 is 16.0. The quantitative estimate of drug-likeness (QED) is 0.640. The van der Waals surface area contributed by atoms with Crippen molar-refractivity contribution in [2.45, 2.75) is 12.8 Å². The van der Waals surface area contributed by atoms with Crippen molar-refractivity contribution in [2.75, 3.05) is 19.5 Å². The van der Waals surface area contributed by atoms with Gasteiger partial charge in [-0.15, -0.1) is 0 Å². The second-order valence-electron chi connectivity index (χ2n) is 5.90. The molecule has 0 radical (unpaired) electrons. The van der Waals surface area contributed by atoms with Crippen LogP contribution in [0.15, 0.2) is 60.9 Å². The predicted molar refractivity (Wildman–Crippen MR) is 105 cm³/mol. The summed E-state index contributed by atoms with van der Waals surface area (Å²) in [6, 6.07) is 14.7. The van der Waals surface area contributed by atoms with Gasteiger partial charge in [0.25, 0.3) is 0 Å². The fraction of sp³-hybridized carbons (Fsp3) is 0.190. The maximum absolute atomic E-state index is 12.2. The molecule has 144 valence electrons. The highest BCUT2D eigenvalue weighted by Gasteiger charge is 2.08. The Labute approximate surface area is 163 Å². The van der Waals surface area contributed by atoms with E-state index < -0.39 is 0 Å². The number of anilines is 1. The molecular formula is C21H21N3O4. The average molecular weight is 379 g/mol. The summed E-state index contributed by atoms with van der Waals surface area (Å²) in [6.45, 7) is 0. The maximum Gasteiger partial charge on any atom is 0.321 e. The van der Waals surface area contributed by atoms with Crippen molar-refractivity contribution in [2.24, 2.45) is 0 Å². The highest BCUT2D eigenvalue weighted by Crippen LogP contribution is 2.28. The minimum absolute atomic E-state index is 0.0742. The molecule has 0 spiro atoms. The van der Waals surface area contributed by atoms with Crippen LogP contribution in [-0.2, 0) is 11.2 Å². The van der Waals surface area contributed by atoms with Crippen molar-refractivity contribution < 1.29 is 19.0 Å². The minimum Gasteiger partial charge on any atom is -0.493 e. The van der Waals surface area contributed by atoms with Crippen LogP contribution in [0.2, 0.25) is 0 Å². The number of methoxy groups -OCH3 is 2. The molecule has 3 aromatic rings.